The average molecular weight is 441 g/mol. The van der Waals surface area contributed by atoms with Crippen LogP contribution in [0, 0.1) is 12.7 Å². The number of benzene rings is 1. The van der Waals surface area contributed by atoms with Gasteiger partial charge in [0.15, 0.2) is 0 Å². The lowest BCUT2D eigenvalue weighted by atomic mass is 10.1. The van der Waals surface area contributed by atoms with E-state index in [1.807, 2.05) is 6.07 Å². The third-order valence-electron chi connectivity index (χ3n) is 5.08. The smallest absolute Gasteiger partial charge is 0.232 e. The molecule has 1 aliphatic heterocycles. The topological polar surface area (TPSA) is 80.4 Å². The second-order valence-corrected chi connectivity index (χ2v) is 8.64. The van der Waals surface area contributed by atoms with Gasteiger partial charge in [-0.3, -0.25) is 0 Å². The largest absolute Gasteiger partial charge is 0.472 e. The Balaban J connectivity index is 1.58. The van der Waals surface area contributed by atoms with Crippen molar-refractivity contribution in [3.63, 3.8) is 0 Å². The number of nitrogen functional groups attached to an aromatic ring is 1. The molecule has 1 saturated heterocycles. The molecule has 0 spiro atoms. The summed E-state index contributed by atoms with van der Waals surface area (Å²) >= 11 is 1.46. The summed E-state index contributed by atoms with van der Waals surface area (Å²) in [5.74, 6) is 1.38. The van der Waals surface area contributed by atoms with Crippen LogP contribution in [0.5, 0.6) is 5.88 Å². The first-order valence-corrected chi connectivity index (χ1v) is 10.9. The van der Waals surface area contributed by atoms with Gasteiger partial charge in [0.05, 0.1) is 11.1 Å². The molecule has 0 saturated carbocycles. The van der Waals surface area contributed by atoms with Gasteiger partial charge in [-0.1, -0.05) is 17.8 Å². The number of aromatic nitrogens is 3. The minimum atomic E-state index is -0.227. The Kier molecular flexibility index (Phi) is 6.53. The first-order valence-electron chi connectivity index (χ1n) is 10.1. The number of halogens is 1. The minimum absolute atomic E-state index is 0.227. The molecule has 1 aliphatic rings. The number of aryl methyl sites for hydroxylation is 1. The van der Waals surface area contributed by atoms with Crippen LogP contribution >= 0.6 is 11.8 Å². The number of nitrogens with two attached hydrogens (primary N) is 1. The van der Waals surface area contributed by atoms with Crippen molar-refractivity contribution >= 4 is 23.5 Å². The van der Waals surface area contributed by atoms with E-state index in [0.717, 1.165) is 41.5 Å². The highest BCUT2D eigenvalue weighted by Crippen LogP contribution is 2.34. The molecule has 1 aromatic carbocycles. The molecule has 162 valence electrons. The fourth-order valence-corrected chi connectivity index (χ4v) is 4.00. The Bertz CT molecular complexity index is 1040. The van der Waals surface area contributed by atoms with E-state index in [1.165, 1.54) is 17.8 Å². The van der Waals surface area contributed by atoms with Gasteiger partial charge in [0.25, 0.3) is 0 Å². The van der Waals surface area contributed by atoms with Crippen molar-refractivity contribution < 1.29 is 9.13 Å². The zero-order valence-electron chi connectivity index (χ0n) is 17.6. The van der Waals surface area contributed by atoms with E-state index >= 15 is 0 Å². The van der Waals surface area contributed by atoms with Gasteiger partial charge >= 0.3 is 0 Å². The molecule has 0 atom stereocenters. The zero-order chi connectivity index (χ0) is 21.8. The minimum Gasteiger partial charge on any atom is -0.472 e. The molecule has 0 amide bonds. The average Bonchev–Trinajstić information content (AvgIpc) is 2.77. The summed E-state index contributed by atoms with van der Waals surface area (Å²) < 4.78 is 19.7. The molecule has 3 heterocycles. The maximum atomic E-state index is 13.6. The predicted octanol–water partition coefficient (Wildman–Crippen LogP) is 3.38. The van der Waals surface area contributed by atoms with Crippen molar-refractivity contribution in [1.29, 1.82) is 0 Å². The van der Waals surface area contributed by atoms with Crippen molar-refractivity contribution in [2.24, 2.45) is 0 Å². The second-order valence-electron chi connectivity index (χ2n) is 7.52. The molecule has 2 aromatic heterocycles. The molecule has 31 heavy (non-hydrogen) atoms. The lowest BCUT2D eigenvalue weighted by molar-refractivity contribution is 0.283. The van der Waals surface area contributed by atoms with Crippen molar-refractivity contribution in [2.75, 3.05) is 43.9 Å². The zero-order valence-corrected chi connectivity index (χ0v) is 18.4. The second kappa shape index (κ2) is 9.49. The number of rotatable bonds is 6. The Morgan fingerprint density at radius 3 is 2.61 bits per heavy atom. The van der Waals surface area contributed by atoms with Crippen LogP contribution in [0.15, 0.2) is 52.5 Å². The van der Waals surface area contributed by atoms with Gasteiger partial charge in [0, 0.05) is 37.3 Å². The van der Waals surface area contributed by atoms with Crippen molar-refractivity contribution in [3.8, 4) is 5.88 Å². The molecular weight excluding hydrogens is 415 g/mol. The van der Waals surface area contributed by atoms with Gasteiger partial charge in [-0.2, -0.15) is 4.98 Å². The highest BCUT2D eigenvalue weighted by atomic mass is 32.2. The van der Waals surface area contributed by atoms with E-state index in [-0.39, 0.29) is 12.4 Å². The number of likely N-dealkylation sites (N-methyl/N-ethyl adjacent to an activating group) is 1. The summed E-state index contributed by atoms with van der Waals surface area (Å²) in [6.07, 6.45) is 3.49. The molecule has 2 N–H and O–H groups in total. The van der Waals surface area contributed by atoms with E-state index in [4.69, 9.17) is 15.5 Å². The molecule has 0 bridgehead atoms. The van der Waals surface area contributed by atoms with Crippen molar-refractivity contribution in [3.05, 3.63) is 59.7 Å². The van der Waals surface area contributed by atoms with Crippen LogP contribution in [0.1, 0.15) is 11.1 Å². The molecule has 4 rings (SSSR count). The fourth-order valence-electron chi connectivity index (χ4n) is 3.21. The Morgan fingerprint density at radius 2 is 1.90 bits per heavy atom. The van der Waals surface area contributed by atoms with Gasteiger partial charge in [-0.15, -0.1) is 0 Å². The van der Waals surface area contributed by atoms with Crippen LogP contribution in [0.3, 0.4) is 0 Å². The third kappa shape index (κ3) is 5.42. The monoisotopic (exact) mass is 440 g/mol. The molecule has 9 heteroatoms. The molecule has 0 aliphatic carbocycles. The van der Waals surface area contributed by atoms with Gasteiger partial charge < -0.3 is 20.3 Å². The predicted molar refractivity (Wildman–Crippen MR) is 120 cm³/mol. The molecular formula is C22H25FN6OS. The standard InChI is InChI=1S/C22H25FN6OS/c1-15-11-16(3-5-18(15)23)14-30-21-19(31-17-4-6-20(24)25-12-17)13-26-22(27-21)29-9-7-28(2)8-10-29/h3-6,11-13H,7-10,14H2,1-2H3,(H2,24,25). The molecule has 0 unspecified atom stereocenters. The van der Waals surface area contributed by atoms with Crippen molar-refractivity contribution in [2.45, 2.75) is 23.3 Å². The summed E-state index contributed by atoms with van der Waals surface area (Å²) in [6.45, 7) is 5.67. The summed E-state index contributed by atoms with van der Waals surface area (Å²) in [7, 11) is 2.11. The maximum Gasteiger partial charge on any atom is 0.232 e. The fraction of sp³-hybridized carbons (Fsp3) is 0.318. The number of ether oxygens (including phenoxy) is 1. The third-order valence-corrected chi connectivity index (χ3v) is 6.06. The highest BCUT2D eigenvalue weighted by Gasteiger charge is 2.19. The molecule has 1 fully saturated rings. The normalized spacial score (nSPS) is 14.6. The summed E-state index contributed by atoms with van der Waals surface area (Å²) in [5.41, 5.74) is 7.16. The van der Waals surface area contributed by atoms with Crippen molar-refractivity contribution in [1.82, 2.24) is 19.9 Å². The van der Waals surface area contributed by atoms with Gasteiger partial charge in [-0.25, -0.2) is 14.4 Å². The summed E-state index contributed by atoms with van der Waals surface area (Å²) in [4.78, 5) is 19.6. The summed E-state index contributed by atoms with van der Waals surface area (Å²) in [5, 5.41) is 0. The number of nitrogens with zero attached hydrogens (tertiary/aromatic N) is 5. The van der Waals surface area contributed by atoms with Gasteiger partial charge in [-0.05, 0) is 49.4 Å². The first kappa shape index (κ1) is 21.3. The van der Waals surface area contributed by atoms with Crippen LogP contribution in [-0.4, -0.2) is 53.1 Å². The highest BCUT2D eigenvalue weighted by molar-refractivity contribution is 7.99. The number of piperazine rings is 1. The van der Waals surface area contributed by atoms with Crippen LogP contribution in [0.2, 0.25) is 0 Å². The number of anilines is 2. The number of pyridine rings is 1. The summed E-state index contributed by atoms with van der Waals surface area (Å²) in [6, 6.07) is 8.62. The Morgan fingerprint density at radius 1 is 1.10 bits per heavy atom. The van der Waals surface area contributed by atoms with Crippen LogP contribution in [-0.2, 0) is 6.61 Å². The van der Waals surface area contributed by atoms with Gasteiger partial charge in [0.1, 0.15) is 18.2 Å². The lowest BCUT2D eigenvalue weighted by Crippen LogP contribution is -2.45. The Labute approximate surface area is 185 Å². The van der Waals surface area contributed by atoms with E-state index in [0.29, 0.717) is 23.2 Å². The number of hydrogen-bond acceptors (Lipinski definition) is 8. The molecule has 3 aromatic rings. The van der Waals surface area contributed by atoms with E-state index in [2.05, 4.69) is 26.8 Å². The van der Waals surface area contributed by atoms with E-state index in [1.54, 1.807) is 37.5 Å². The molecule has 7 nitrogen and oxygen atoms in total. The first-order chi connectivity index (χ1) is 15.0. The maximum absolute atomic E-state index is 13.6. The van der Waals surface area contributed by atoms with Crippen LogP contribution < -0.4 is 15.4 Å². The van der Waals surface area contributed by atoms with Gasteiger partial charge in [0.2, 0.25) is 11.8 Å². The van der Waals surface area contributed by atoms with Crippen LogP contribution in [0.4, 0.5) is 16.2 Å². The lowest BCUT2D eigenvalue weighted by Gasteiger charge is -2.32. The molecule has 0 radical (unpaired) electrons. The Hall–Kier alpha value is -2.91. The SMILES string of the molecule is Cc1cc(COc2nc(N3CCN(C)CC3)ncc2Sc2ccc(N)nc2)ccc1F. The quantitative estimate of drug-likeness (QED) is 0.625. The van der Waals surface area contributed by atoms with E-state index in [9.17, 15) is 4.39 Å². The van der Waals surface area contributed by atoms with Crippen LogP contribution in [0.25, 0.3) is 0 Å². The van der Waals surface area contributed by atoms with E-state index < -0.39 is 0 Å². The number of hydrogen-bond donors (Lipinski definition) is 1.